The third-order valence-electron chi connectivity index (χ3n) is 2.69. The minimum absolute atomic E-state index is 0.196. The maximum absolute atomic E-state index is 13.5. The van der Waals surface area contributed by atoms with E-state index in [-0.39, 0.29) is 12.6 Å². The summed E-state index contributed by atoms with van der Waals surface area (Å²) < 4.78 is 25.7. The SMILES string of the molecule is Cn1nnnc1SCc1cc(F)cc2c1OCOC2. The van der Waals surface area contributed by atoms with Crippen LogP contribution in [-0.2, 0) is 24.1 Å². The van der Waals surface area contributed by atoms with Gasteiger partial charge in [-0.3, -0.25) is 0 Å². The van der Waals surface area contributed by atoms with Crippen molar-refractivity contribution >= 4 is 11.8 Å². The molecule has 0 bridgehead atoms. The lowest BCUT2D eigenvalue weighted by atomic mass is 10.1. The monoisotopic (exact) mass is 282 g/mol. The van der Waals surface area contributed by atoms with E-state index >= 15 is 0 Å². The lowest BCUT2D eigenvalue weighted by molar-refractivity contribution is -0.0171. The number of ether oxygens (including phenoxy) is 2. The van der Waals surface area contributed by atoms with Crippen molar-refractivity contribution in [2.24, 2.45) is 7.05 Å². The van der Waals surface area contributed by atoms with Gasteiger partial charge in [-0.05, 0) is 22.6 Å². The van der Waals surface area contributed by atoms with E-state index in [9.17, 15) is 4.39 Å². The summed E-state index contributed by atoms with van der Waals surface area (Å²) in [5.41, 5.74) is 1.52. The van der Waals surface area contributed by atoms with Crippen LogP contribution in [0.2, 0.25) is 0 Å². The fourth-order valence-electron chi connectivity index (χ4n) is 1.85. The minimum atomic E-state index is -0.292. The van der Waals surface area contributed by atoms with E-state index in [4.69, 9.17) is 9.47 Å². The van der Waals surface area contributed by atoms with Crippen LogP contribution in [0.15, 0.2) is 17.3 Å². The van der Waals surface area contributed by atoms with Crippen LogP contribution in [0.4, 0.5) is 4.39 Å². The quantitative estimate of drug-likeness (QED) is 0.795. The largest absolute Gasteiger partial charge is 0.467 e. The number of thioether (sulfide) groups is 1. The Bertz CT molecular complexity index is 604. The summed E-state index contributed by atoms with van der Waals surface area (Å²) in [4.78, 5) is 0. The highest BCUT2D eigenvalue weighted by Crippen LogP contribution is 2.33. The second kappa shape index (κ2) is 5.14. The number of benzene rings is 1. The fraction of sp³-hybridized carbons (Fsp3) is 0.364. The smallest absolute Gasteiger partial charge is 0.209 e. The number of fused-ring (bicyclic) bond motifs is 1. The van der Waals surface area contributed by atoms with Crippen molar-refractivity contribution < 1.29 is 13.9 Å². The highest BCUT2D eigenvalue weighted by Gasteiger charge is 2.17. The van der Waals surface area contributed by atoms with Crippen LogP contribution < -0.4 is 4.74 Å². The van der Waals surface area contributed by atoms with Crippen LogP contribution in [0.1, 0.15) is 11.1 Å². The minimum Gasteiger partial charge on any atom is -0.467 e. The molecule has 6 nitrogen and oxygen atoms in total. The summed E-state index contributed by atoms with van der Waals surface area (Å²) in [6, 6.07) is 2.91. The van der Waals surface area contributed by atoms with Crippen LogP contribution in [0.25, 0.3) is 0 Å². The maximum atomic E-state index is 13.5. The highest BCUT2D eigenvalue weighted by atomic mass is 32.2. The number of nitrogens with zero attached hydrogens (tertiary/aromatic N) is 4. The Kier molecular flexibility index (Phi) is 3.34. The maximum Gasteiger partial charge on any atom is 0.209 e. The van der Waals surface area contributed by atoms with Gasteiger partial charge in [-0.25, -0.2) is 9.07 Å². The summed E-state index contributed by atoms with van der Waals surface area (Å²) in [6.07, 6.45) is 0. The summed E-state index contributed by atoms with van der Waals surface area (Å²) in [5.74, 6) is 0.948. The van der Waals surface area contributed by atoms with E-state index in [1.165, 1.54) is 23.9 Å². The Balaban J connectivity index is 1.84. The van der Waals surface area contributed by atoms with Gasteiger partial charge < -0.3 is 9.47 Å². The first-order chi connectivity index (χ1) is 9.24. The first-order valence-corrected chi connectivity index (χ1v) is 6.59. The topological polar surface area (TPSA) is 62.1 Å². The number of tetrazole rings is 1. The molecule has 3 rings (SSSR count). The first-order valence-electron chi connectivity index (χ1n) is 5.61. The zero-order valence-corrected chi connectivity index (χ0v) is 11.0. The molecule has 1 aliphatic heterocycles. The van der Waals surface area contributed by atoms with Crippen molar-refractivity contribution in [3.8, 4) is 5.75 Å². The van der Waals surface area contributed by atoms with Gasteiger partial charge >= 0.3 is 0 Å². The van der Waals surface area contributed by atoms with Gasteiger partial charge in [-0.15, -0.1) is 5.10 Å². The standard InChI is InChI=1S/C11H11FN4O2S/c1-16-11(13-14-15-16)19-5-8-3-9(12)2-7-4-17-6-18-10(7)8/h2-3H,4-6H2,1H3. The number of hydrogen-bond donors (Lipinski definition) is 0. The zero-order chi connectivity index (χ0) is 13.2. The van der Waals surface area contributed by atoms with Crippen molar-refractivity contribution in [1.82, 2.24) is 20.2 Å². The summed E-state index contributed by atoms with van der Waals surface area (Å²) in [5, 5.41) is 11.8. The zero-order valence-electron chi connectivity index (χ0n) is 10.2. The lowest BCUT2D eigenvalue weighted by Crippen LogP contribution is -2.13. The van der Waals surface area contributed by atoms with Gasteiger partial charge in [-0.2, -0.15) is 0 Å². The molecule has 8 heteroatoms. The summed E-state index contributed by atoms with van der Waals surface area (Å²) in [6.45, 7) is 0.568. The Morgan fingerprint density at radius 2 is 2.37 bits per heavy atom. The van der Waals surface area contributed by atoms with E-state index in [0.29, 0.717) is 23.3 Å². The number of halogens is 1. The van der Waals surface area contributed by atoms with Crippen LogP contribution in [0.5, 0.6) is 5.75 Å². The number of hydrogen-bond acceptors (Lipinski definition) is 6. The molecule has 100 valence electrons. The van der Waals surface area contributed by atoms with E-state index in [2.05, 4.69) is 15.5 Å². The van der Waals surface area contributed by atoms with Crippen molar-refractivity contribution in [2.75, 3.05) is 6.79 Å². The third kappa shape index (κ3) is 2.54. The predicted octanol–water partition coefficient (Wildman–Crippen LogP) is 1.51. The molecule has 0 spiro atoms. The summed E-state index contributed by atoms with van der Waals surface area (Å²) >= 11 is 1.43. The third-order valence-corrected chi connectivity index (χ3v) is 3.75. The van der Waals surface area contributed by atoms with E-state index < -0.39 is 0 Å². The molecular formula is C11H11FN4O2S. The normalized spacial score (nSPS) is 14.0. The molecule has 1 aromatic heterocycles. The Morgan fingerprint density at radius 1 is 1.47 bits per heavy atom. The number of rotatable bonds is 3. The van der Waals surface area contributed by atoms with E-state index in [0.717, 1.165) is 11.1 Å². The van der Waals surface area contributed by atoms with Gasteiger partial charge in [0.05, 0.1) is 6.61 Å². The van der Waals surface area contributed by atoms with Crippen LogP contribution in [0.3, 0.4) is 0 Å². The van der Waals surface area contributed by atoms with Crippen LogP contribution in [-0.4, -0.2) is 27.0 Å². The van der Waals surface area contributed by atoms with Gasteiger partial charge in [0.15, 0.2) is 6.79 Å². The van der Waals surface area contributed by atoms with Crippen molar-refractivity contribution in [3.05, 3.63) is 29.1 Å². The van der Waals surface area contributed by atoms with Gasteiger partial charge in [0, 0.05) is 23.9 Å². The van der Waals surface area contributed by atoms with Crippen LogP contribution >= 0.6 is 11.8 Å². The molecule has 0 radical (unpaired) electrons. The first kappa shape index (κ1) is 12.4. The molecule has 0 saturated heterocycles. The molecule has 2 aromatic rings. The summed E-state index contributed by atoms with van der Waals surface area (Å²) in [7, 11) is 1.76. The fourth-order valence-corrected chi connectivity index (χ4v) is 2.67. The molecular weight excluding hydrogens is 271 g/mol. The molecule has 19 heavy (non-hydrogen) atoms. The second-order valence-electron chi connectivity index (χ2n) is 4.04. The molecule has 0 N–H and O–H groups in total. The number of aryl methyl sites for hydroxylation is 1. The predicted molar refractivity (Wildman–Crippen MR) is 65.0 cm³/mol. The Labute approximate surface area is 112 Å². The molecule has 0 amide bonds. The molecule has 0 saturated carbocycles. The van der Waals surface area contributed by atoms with Gasteiger partial charge in [0.1, 0.15) is 11.6 Å². The average Bonchev–Trinajstić information content (AvgIpc) is 2.81. The second-order valence-corrected chi connectivity index (χ2v) is 4.98. The molecule has 0 atom stereocenters. The molecule has 0 aliphatic carbocycles. The molecule has 0 unspecified atom stereocenters. The van der Waals surface area contributed by atoms with Gasteiger partial charge in [0.2, 0.25) is 5.16 Å². The van der Waals surface area contributed by atoms with Gasteiger partial charge in [-0.1, -0.05) is 11.8 Å². The Morgan fingerprint density at radius 3 is 3.16 bits per heavy atom. The van der Waals surface area contributed by atoms with Crippen molar-refractivity contribution in [3.63, 3.8) is 0 Å². The van der Waals surface area contributed by atoms with Crippen LogP contribution in [0, 0.1) is 5.82 Å². The molecule has 1 aromatic carbocycles. The van der Waals surface area contributed by atoms with E-state index in [1.807, 2.05) is 0 Å². The average molecular weight is 282 g/mol. The number of aromatic nitrogens is 4. The molecule has 1 aliphatic rings. The lowest BCUT2D eigenvalue weighted by Gasteiger charge is -2.20. The van der Waals surface area contributed by atoms with Crippen molar-refractivity contribution in [2.45, 2.75) is 17.5 Å². The highest BCUT2D eigenvalue weighted by molar-refractivity contribution is 7.98. The molecule has 0 fully saturated rings. The van der Waals surface area contributed by atoms with E-state index in [1.54, 1.807) is 11.7 Å². The Hall–Kier alpha value is -1.67. The van der Waals surface area contributed by atoms with Crippen molar-refractivity contribution in [1.29, 1.82) is 0 Å². The van der Waals surface area contributed by atoms with Gasteiger partial charge in [0.25, 0.3) is 0 Å². The molecule has 2 heterocycles.